The normalized spacial score (nSPS) is 15.9. The minimum absolute atomic E-state index is 0.0389. The molecule has 31 heavy (non-hydrogen) atoms. The molecule has 6 nitrogen and oxygen atoms in total. The molecule has 8 heteroatoms. The molecular weight excluding hydrogens is 436 g/mol. The van der Waals surface area contributed by atoms with Crippen LogP contribution >= 0.6 is 11.6 Å². The van der Waals surface area contributed by atoms with E-state index in [2.05, 4.69) is 18.6 Å². The lowest BCUT2D eigenvalue weighted by Crippen LogP contribution is -2.42. The van der Waals surface area contributed by atoms with Crippen LogP contribution in [0.5, 0.6) is 5.75 Å². The molecule has 0 radical (unpaired) electrons. The van der Waals surface area contributed by atoms with Gasteiger partial charge in [-0.2, -0.15) is 0 Å². The van der Waals surface area contributed by atoms with Crippen molar-refractivity contribution in [2.45, 2.75) is 39.9 Å². The Morgan fingerprint density at radius 3 is 2.58 bits per heavy atom. The van der Waals surface area contributed by atoms with Gasteiger partial charge in [0.05, 0.1) is 22.5 Å². The lowest BCUT2D eigenvalue weighted by atomic mass is 9.92. The molecule has 1 amide bonds. The number of hydrogen-bond acceptors (Lipinski definition) is 4. The number of amides is 1. The van der Waals surface area contributed by atoms with Crippen molar-refractivity contribution in [1.82, 2.24) is 0 Å². The van der Waals surface area contributed by atoms with Gasteiger partial charge in [0.25, 0.3) is 0 Å². The number of nitrogens with one attached hydrogen (secondary N) is 1. The van der Waals surface area contributed by atoms with Crippen molar-refractivity contribution >= 4 is 38.9 Å². The van der Waals surface area contributed by atoms with Gasteiger partial charge in [0, 0.05) is 11.6 Å². The number of hydrogen-bond donors (Lipinski definition) is 1. The van der Waals surface area contributed by atoms with Gasteiger partial charge in [0.2, 0.25) is 15.9 Å². The SMILES string of the molecule is CC(C)CCN1C(=O)C(C)(C)COc2ccc(NS(=O)(=O)Cc3ccccc3Cl)cc21. The Labute approximate surface area is 189 Å². The summed E-state index contributed by atoms with van der Waals surface area (Å²) >= 11 is 6.12. The Bertz CT molecular complexity index is 1070. The summed E-state index contributed by atoms with van der Waals surface area (Å²) in [6, 6.07) is 11.9. The number of anilines is 2. The van der Waals surface area contributed by atoms with E-state index < -0.39 is 15.4 Å². The van der Waals surface area contributed by atoms with Gasteiger partial charge in [0.1, 0.15) is 12.4 Å². The molecular formula is C23H29ClN2O4S. The van der Waals surface area contributed by atoms with Crippen molar-refractivity contribution in [3.63, 3.8) is 0 Å². The zero-order chi connectivity index (χ0) is 22.8. The second kappa shape index (κ2) is 9.09. The highest BCUT2D eigenvalue weighted by Crippen LogP contribution is 2.38. The van der Waals surface area contributed by atoms with Crippen molar-refractivity contribution in [2.75, 3.05) is 22.8 Å². The quantitative estimate of drug-likeness (QED) is 0.620. The molecule has 1 heterocycles. The summed E-state index contributed by atoms with van der Waals surface area (Å²) in [5.74, 6) is 0.698. The lowest BCUT2D eigenvalue weighted by molar-refractivity contribution is -0.127. The summed E-state index contributed by atoms with van der Waals surface area (Å²) in [5.41, 5.74) is 0.788. The van der Waals surface area contributed by atoms with Crippen LogP contribution in [0.1, 0.15) is 39.7 Å². The molecule has 0 unspecified atom stereocenters. The summed E-state index contributed by atoms with van der Waals surface area (Å²) in [6.07, 6.45) is 0.823. The number of rotatable bonds is 7. The fraction of sp³-hybridized carbons (Fsp3) is 0.435. The molecule has 168 valence electrons. The monoisotopic (exact) mass is 464 g/mol. The number of nitrogens with zero attached hydrogens (tertiary/aromatic N) is 1. The van der Waals surface area contributed by atoms with E-state index in [1.807, 2.05) is 13.8 Å². The predicted octanol–water partition coefficient (Wildman–Crippen LogP) is 5.08. The van der Waals surface area contributed by atoms with Crippen LogP contribution < -0.4 is 14.4 Å². The number of ether oxygens (including phenoxy) is 1. The van der Waals surface area contributed by atoms with Crippen molar-refractivity contribution in [2.24, 2.45) is 11.3 Å². The first-order valence-electron chi connectivity index (χ1n) is 10.3. The minimum atomic E-state index is -3.70. The van der Waals surface area contributed by atoms with E-state index in [4.69, 9.17) is 16.3 Å². The van der Waals surface area contributed by atoms with E-state index in [-0.39, 0.29) is 18.3 Å². The molecule has 1 N–H and O–H groups in total. The molecule has 1 aliphatic heterocycles. The number of carbonyl (C=O) groups excluding carboxylic acids is 1. The standard InChI is InChI=1S/C23H29ClN2O4S/c1-16(2)11-12-26-20-13-18(9-10-21(20)30-15-23(3,4)22(26)27)25-31(28,29)14-17-7-5-6-8-19(17)24/h5-10,13,16,25H,11-12,14-15H2,1-4H3. The number of carbonyl (C=O) groups is 1. The van der Waals surface area contributed by atoms with E-state index in [9.17, 15) is 13.2 Å². The Balaban J connectivity index is 1.91. The van der Waals surface area contributed by atoms with Gasteiger partial charge in [0.15, 0.2) is 0 Å². The Morgan fingerprint density at radius 1 is 1.19 bits per heavy atom. The van der Waals surface area contributed by atoms with E-state index in [0.29, 0.717) is 40.2 Å². The van der Waals surface area contributed by atoms with E-state index in [1.165, 1.54) is 0 Å². The molecule has 2 aromatic carbocycles. The molecule has 1 aliphatic rings. The molecule has 0 aromatic heterocycles. The van der Waals surface area contributed by atoms with Gasteiger partial charge in [-0.1, -0.05) is 43.6 Å². The van der Waals surface area contributed by atoms with Gasteiger partial charge in [-0.05, 0) is 56.0 Å². The van der Waals surface area contributed by atoms with Crippen molar-refractivity contribution in [3.05, 3.63) is 53.1 Å². The van der Waals surface area contributed by atoms with Gasteiger partial charge >= 0.3 is 0 Å². The maximum Gasteiger partial charge on any atom is 0.236 e. The summed E-state index contributed by atoms with van der Waals surface area (Å²) in [6.45, 7) is 8.71. The average molecular weight is 465 g/mol. The molecule has 3 rings (SSSR count). The van der Waals surface area contributed by atoms with Crippen LogP contribution in [0.2, 0.25) is 5.02 Å². The number of halogens is 1. The van der Waals surface area contributed by atoms with Crippen LogP contribution in [-0.2, 0) is 20.6 Å². The highest BCUT2D eigenvalue weighted by molar-refractivity contribution is 7.91. The maximum absolute atomic E-state index is 13.2. The highest BCUT2D eigenvalue weighted by Gasteiger charge is 2.37. The third-order valence-electron chi connectivity index (χ3n) is 5.17. The Hall–Kier alpha value is -2.25. The summed E-state index contributed by atoms with van der Waals surface area (Å²) in [4.78, 5) is 14.9. The third-order valence-corrected chi connectivity index (χ3v) is 6.78. The van der Waals surface area contributed by atoms with Crippen LogP contribution in [0.15, 0.2) is 42.5 Å². The molecule has 0 fully saturated rings. The molecule has 0 saturated heterocycles. The summed E-state index contributed by atoms with van der Waals surface area (Å²) in [5, 5.41) is 0.399. The first kappa shape index (κ1) is 23.4. The second-order valence-electron chi connectivity index (χ2n) is 8.95. The maximum atomic E-state index is 13.2. The number of sulfonamides is 1. The fourth-order valence-electron chi connectivity index (χ4n) is 3.35. The zero-order valence-corrected chi connectivity index (χ0v) is 19.9. The van der Waals surface area contributed by atoms with Crippen LogP contribution in [0.4, 0.5) is 11.4 Å². The highest BCUT2D eigenvalue weighted by atomic mass is 35.5. The third kappa shape index (κ3) is 5.71. The first-order valence-corrected chi connectivity index (χ1v) is 12.3. The van der Waals surface area contributed by atoms with E-state index in [0.717, 1.165) is 6.42 Å². The van der Waals surface area contributed by atoms with Crippen LogP contribution in [0, 0.1) is 11.3 Å². The number of benzene rings is 2. The topological polar surface area (TPSA) is 75.7 Å². The van der Waals surface area contributed by atoms with Gasteiger partial charge in [-0.25, -0.2) is 8.42 Å². The van der Waals surface area contributed by atoms with Gasteiger partial charge in [-0.15, -0.1) is 0 Å². The van der Waals surface area contributed by atoms with Crippen molar-refractivity contribution < 1.29 is 17.9 Å². The van der Waals surface area contributed by atoms with Crippen LogP contribution in [-0.4, -0.2) is 27.5 Å². The molecule has 0 spiro atoms. The lowest BCUT2D eigenvalue weighted by Gasteiger charge is -2.28. The van der Waals surface area contributed by atoms with Crippen molar-refractivity contribution in [1.29, 1.82) is 0 Å². The second-order valence-corrected chi connectivity index (χ2v) is 11.1. The summed E-state index contributed by atoms with van der Waals surface area (Å²) < 4.78 is 34.0. The molecule has 2 aromatic rings. The first-order chi connectivity index (χ1) is 14.5. The van der Waals surface area contributed by atoms with Crippen molar-refractivity contribution in [3.8, 4) is 5.75 Å². The van der Waals surface area contributed by atoms with E-state index >= 15 is 0 Å². The molecule has 0 aliphatic carbocycles. The van der Waals surface area contributed by atoms with Crippen LogP contribution in [0.25, 0.3) is 0 Å². The fourth-order valence-corrected chi connectivity index (χ4v) is 4.85. The van der Waals surface area contributed by atoms with Gasteiger partial charge in [-0.3, -0.25) is 9.52 Å². The molecule has 0 saturated carbocycles. The molecule has 0 atom stereocenters. The van der Waals surface area contributed by atoms with Crippen LogP contribution in [0.3, 0.4) is 0 Å². The van der Waals surface area contributed by atoms with E-state index in [1.54, 1.807) is 47.4 Å². The smallest absolute Gasteiger partial charge is 0.236 e. The zero-order valence-electron chi connectivity index (χ0n) is 18.3. The van der Waals surface area contributed by atoms with Gasteiger partial charge < -0.3 is 9.64 Å². The minimum Gasteiger partial charge on any atom is -0.490 e. The predicted molar refractivity (Wildman–Crippen MR) is 125 cm³/mol. The Kier molecular flexibility index (Phi) is 6.86. The largest absolute Gasteiger partial charge is 0.490 e. The molecule has 0 bridgehead atoms. The Morgan fingerprint density at radius 2 is 1.90 bits per heavy atom. The average Bonchev–Trinajstić information content (AvgIpc) is 2.76. The number of fused-ring (bicyclic) bond motifs is 1. The summed E-state index contributed by atoms with van der Waals surface area (Å²) in [7, 11) is -3.70.